The third-order valence-electron chi connectivity index (χ3n) is 2.86. The molecule has 0 aliphatic heterocycles. The lowest BCUT2D eigenvalue weighted by atomic mass is 10.2. The quantitative estimate of drug-likeness (QED) is 0.757. The van der Waals surface area contributed by atoms with Crippen LogP contribution in [-0.4, -0.2) is 12.6 Å². The van der Waals surface area contributed by atoms with Gasteiger partial charge >= 0.3 is 5.97 Å². The molecule has 2 rings (SSSR count). The second-order valence-electron chi connectivity index (χ2n) is 4.50. The summed E-state index contributed by atoms with van der Waals surface area (Å²) in [6.07, 6.45) is 0.798. The number of hydrogen-bond donors (Lipinski definition) is 0. The van der Waals surface area contributed by atoms with E-state index >= 15 is 0 Å². The number of rotatable bonds is 5. The Balaban J connectivity index is 2.24. The minimum absolute atomic E-state index is 0.351. The Hall–Kier alpha value is -2.29. The van der Waals surface area contributed by atoms with Crippen LogP contribution >= 0.6 is 0 Å². The maximum Gasteiger partial charge on any atom is 0.341 e. The van der Waals surface area contributed by atoms with Crippen LogP contribution in [0.5, 0.6) is 11.5 Å². The van der Waals surface area contributed by atoms with E-state index < -0.39 is 0 Å². The molecule has 2 aromatic carbocycles. The van der Waals surface area contributed by atoms with Crippen molar-refractivity contribution in [2.75, 3.05) is 6.61 Å². The number of aryl methyl sites for hydroxylation is 1. The molecular weight excluding hydrogens is 252 g/mol. The van der Waals surface area contributed by atoms with Crippen molar-refractivity contribution in [2.45, 2.75) is 20.3 Å². The van der Waals surface area contributed by atoms with Gasteiger partial charge in [0.15, 0.2) is 0 Å². The summed E-state index contributed by atoms with van der Waals surface area (Å²) in [5, 5.41) is 0. The highest BCUT2D eigenvalue weighted by Crippen LogP contribution is 2.28. The van der Waals surface area contributed by atoms with Crippen molar-refractivity contribution >= 4 is 5.97 Å². The van der Waals surface area contributed by atoms with Crippen molar-refractivity contribution in [1.82, 2.24) is 0 Å². The number of carbonyl (C=O) groups is 1. The largest absolute Gasteiger partial charge is 0.462 e. The van der Waals surface area contributed by atoms with Crippen molar-refractivity contribution in [3.05, 3.63) is 59.7 Å². The minimum atomic E-state index is -0.351. The first kappa shape index (κ1) is 14.1. The van der Waals surface area contributed by atoms with E-state index in [2.05, 4.69) is 0 Å². The molecule has 3 heteroatoms. The number of ether oxygens (including phenoxy) is 2. The Kier molecular flexibility index (Phi) is 4.77. The second kappa shape index (κ2) is 6.75. The number of hydrogen-bond acceptors (Lipinski definition) is 3. The molecule has 0 heterocycles. The SMILES string of the molecule is CCCOC(=O)c1ccccc1Oc1ccccc1C. The molecule has 0 N–H and O–H groups in total. The number of benzene rings is 2. The van der Waals surface area contributed by atoms with E-state index in [4.69, 9.17) is 9.47 Å². The summed E-state index contributed by atoms with van der Waals surface area (Å²) in [6.45, 7) is 4.34. The minimum Gasteiger partial charge on any atom is -0.462 e. The monoisotopic (exact) mass is 270 g/mol. The number of carbonyl (C=O) groups excluding carboxylic acids is 1. The average Bonchev–Trinajstić information content (AvgIpc) is 2.48. The predicted molar refractivity (Wildman–Crippen MR) is 78.3 cm³/mol. The smallest absolute Gasteiger partial charge is 0.341 e. The molecule has 20 heavy (non-hydrogen) atoms. The molecule has 0 aliphatic rings. The van der Waals surface area contributed by atoms with Gasteiger partial charge in [-0.05, 0) is 37.1 Å². The van der Waals surface area contributed by atoms with Crippen LogP contribution in [0.15, 0.2) is 48.5 Å². The van der Waals surface area contributed by atoms with Crippen LogP contribution in [0, 0.1) is 6.92 Å². The molecule has 0 bridgehead atoms. The van der Waals surface area contributed by atoms with Gasteiger partial charge in [-0.3, -0.25) is 0 Å². The van der Waals surface area contributed by atoms with Gasteiger partial charge in [0.05, 0.1) is 6.61 Å². The topological polar surface area (TPSA) is 35.5 Å². The zero-order valence-electron chi connectivity index (χ0n) is 11.8. The van der Waals surface area contributed by atoms with E-state index in [9.17, 15) is 4.79 Å². The van der Waals surface area contributed by atoms with Crippen LogP contribution in [0.25, 0.3) is 0 Å². The molecule has 0 radical (unpaired) electrons. The number of esters is 1. The van der Waals surface area contributed by atoms with E-state index in [1.807, 2.05) is 44.2 Å². The fourth-order valence-electron chi connectivity index (χ4n) is 1.79. The Labute approximate surface area is 119 Å². The van der Waals surface area contributed by atoms with Crippen molar-refractivity contribution in [2.24, 2.45) is 0 Å². The zero-order valence-corrected chi connectivity index (χ0v) is 11.8. The molecule has 104 valence electrons. The molecule has 0 amide bonds. The maximum atomic E-state index is 12.0. The molecule has 0 saturated heterocycles. The highest BCUT2D eigenvalue weighted by atomic mass is 16.5. The van der Waals surface area contributed by atoms with Crippen LogP contribution in [-0.2, 0) is 4.74 Å². The normalized spacial score (nSPS) is 10.1. The van der Waals surface area contributed by atoms with Gasteiger partial charge in [0.1, 0.15) is 17.1 Å². The third kappa shape index (κ3) is 3.38. The van der Waals surface area contributed by atoms with Gasteiger partial charge in [0.25, 0.3) is 0 Å². The molecule has 3 nitrogen and oxygen atoms in total. The molecule has 0 saturated carbocycles. The first-order valence-corrected chi connectivity index (χ1v) is 6.72. The summed E-state index contributed by atoms with van der Waals surface area (Å²) in [6, 6.07) is 14.8. The lowest BCUT2D eigenvalue weighted by molar-refractivity contribution is 0.0502. The molecule has 0 unspecified atom stereocenters. The molecule has 2 aromatic rings. The Morgan fingerprint density at radius 2 is 1.65 bits per heavy atom. The van der Waals surface area contributed by atoms with Gasteiger partial charge in [0.2, 0.25) is 0 Å². The van der Waals surface area contributed by atoms with Crippen molar-refractivity contribution in [3.8, 4) is 11.5 Å². The molecular formula is C17H18O3. The zero-order chi connectivity index (χ0) is 14.4. The molecule has 0 fully saturated rings. The highest BCUT2D eigenvalue weighted by molar-refractivity contribution is 5.92. The van der Waals surface area contributed by atoms with Crippen LogP contribution in [0.4, 0.5) is 0 Å². The highest BCUT2D eigenvalue weighted by Gasteiger charge is 2.14. The Bertz CT molecular complexity index is 590. The summed E-state index contributed by atoms with van der Waals surface area (Å²) in [7, 11) is 0. The fourth-order valence-corrected chi connectivity index (χ4v) is 1.79. The van der Waals surface area contributed by atoms with Gasteiger partial charge in [-0.25, -0.2) is 4.79 Å². The lowest BCUT2D eigenvalue weighted by Gasteiger charge is -2.12. The van der Waals surface area contributed by atoms with E-state index in [1.165, 1.54) is 0 Å². The first-order valence-electron chi connectivity index (χ1n) is 6.72. The summed E-state index contributed by atoms with van der Waals surface area (Å²) < 4.78 is 11.0. The van der Waals surface area contributed by atoms with Gasteiger partial charge in [-0.1, -0.05) is 37.3 Å². The van der Waals surface area contributed by atoms with Crippen LogP contribution in [0.3, 0.4) is 0 Å². The average molecular weight is 270 g/mol. The Morgan fingerprint density at radius 3 is 2.35 bits per heavy atom. The fraction of sp³-hybridized carbons (Fsp3) is 0.235. The summed E-state index contributed by atoms with van der Waals surface area (Å²) in [4.78, 5) is 12.0. The molecule has 0 atom stereocenters. The van der Waals surface area contributed by atoms with Crippen molar-refractivity contribution < 1.29 is 14.3 Å². The van der Waals surface area contributed by atoms with Crippen LogP contribution < -0.4 is 4.74 Å². The molecule has 0 aliphatic carbocycles. The lowest BCUT2D eigenvalue weighted by Crippen LogP contribution is -2.07. The standard InChI is InChI=1S/C17H18O3/c1-3-12-19-17(18)14-9-5-7-11-16(14)20-15-10-6-4-8-13(15)2/h4-11H,3,12H2,1-2H3. The van der Waals surface area contributed by atoms with Gasteiger partial charge in [-0.15, -0.1) is 0 Å². The van der Waals surface area contributed by atoms with Gasteiger partial charge in [0, 0.05) is 0 Å². The van der Waals surface area contributed by atoms with Crippen molar-refractivity contribution in [1.29, 1.82) is 0 Å². The molecule has 0 spiro atoms. The van der Waals surface area contributed by atoms with Gasteiger partial charge in [-0.2, -0.15) is 0 Å². The number of para-hydroxylation sites is 2. The third-order valence-corrected chi connectivity index (χ3v) is 2.86. The second-order valence-corrected chi connectivity index (χ2v) is 4.50. The summed E-state index contributed by atoms with van der Waals surface area (Å²) >= 11 is 0. The van der Waals surface area contributed by atoms with Crippen LogP contribution in [0.2, 0.25) is 0 Å². The van der Waals surface area contributed by atoms with E-state index in [0.29, 0.717) is 17.9 Å². The van der Waals surface area contributed by atoms with E-state index in [0.717, 1.165) is 17.7 Å². The van der Waals surface area contributed by atoms with E-state index in [-0.39, 0.29) is 5.97 Å². The van der Waals surface area contributed by atoms with Crippen molar-refractivity contribution in [3.63, 3.8) is 0 Å². The molecule has 0 aromatic heterocycles. The Morgan fingerprint density at radius 1 is 1.00 bits per heavy atom. The van der Waals surface area contributed by atoms with Gasteiger partial charge < -0.3 is 9.47 Å². The summed E-state index contributed by atoms with van der Waals surface area (Å²) in [5.41, 5.74) is 1.47. The van der Waals surface area contributed by atoms with Crippen LogP contribution in [0.1, 0.15) is 29.3 Å². The summed E-state index contributed by atoms with van der Waals surface area (Å²) in [5.74, 6) is 0.905. The predicted octanol–water partition coefficient (Wildman–Crippen LogP) is 4.35. The van der Waals surface area contributed by atoms with E-state index in [1.54, 1.807) is 18.2 Å². The maximum absolute atomic E-state index is 12.0. The first-order chi connectivity index (χ1) is 9.72.